The molecule has 0 radical (unpaired) electrons. The van der Waals surface area contributed by atoms with Crippen molar-refractivity contribution in [2.45, 2.75) is 6.54 Å². The zero-order chi connectivity index (χ0) is 14.5. The molecular weight excluding hydrogens is 300 g/mol. The van der Waals surface area contributed by atoms with Crippen LogP contribution in [0.1, 0.15) is 20.9 Å². The molecular formula is C12H11ClN4O2S. The first-order chi connectivity index (χ1) is 9.60. The summed E-state index contributed by atoms with van der Waals surface area (Å²) in [6.07, 6.45) is 1.37. The van der Waals surface area contributed by atoms with Crippen molar-refractivity contribution in [3.8, 4) is 0 Å². The van der Waals surface area contributed by atoms with Crippen LogP contribution in [0, 0.1) is 0 Å². The topological polar surface area (TPSA) is 101 Å². The minimum absolute atomic E-state index is 0.0577. The fourth-order valence-electron chi connectivity index (χ4n) is 1.44. The number of hydrogen-bond donors (Lipinski definition) is 3. The SMILES string of the molecule is NC(=NO)c1ccc(C(=O)NCc2ccc(Cl)s2)nc1. The highest BCUT2D eigenvalue weighted by molar-refractivity contribution is 7.16. The zero-order valence-electron chi connectivity index (χ0n) is 10.2. The Morgan fingerprint density at radius 2 is 2.25 bits per heavy atom. The van der Waals surface area contributed by atoms with Crippen molar-refractivity contribution >= 4 is 34.7 Å². The lowest BCUT2D eigenvalue weighted by Gasteiger charge is -2.04. The van der Waals surface area contributed by atoms with Crippen molar-refractivity contribution in [2.24, 2.45) is 10.9 Å². The van der Waals surface area contributed by atoms with Crippen LogP contribution in [0.4, 0.5) is 0 Å². The molecule has 0 saturated carbocycles. The van der Waals surface area contributed by atoms with Crippen LogP contribution in [0.3, 0.4) is 0 Å². The predicted octanol–water partition coefficient (Wildman–Crippen LogP) is 1.82. The number of pyridine rings is 1. The molecule has 0 spiro atoms. The Labute approximate surface area is 123 Å². The van der Waals surface area contributed by atoms with Gasteiger partial charge in [0.15, 0.2) is 5.84 Å². The Bertz CT molecular complexity index is 639. The number of amidine groups is 1. The number of thiophene rings is 1. The molecule has 8 heteroatoms. The van der Waals surface area contributed by atoms with Crippen LogP contribution in [0.15, 0.2) is 35.6 Å². The number of nitrogens with one attached hydrogen (secondary N) is 1. The summed E-state index contributed by atoms with van der Waals surface area (Å²) in [5, 5.41) is 14.1. The van der Waals surface area contributed by atoms with Crippen molar-refractivity contribution in [2.75, 3.05) is 0 Å². The number of nitrogens with zero attached hydrogens (tertiary/aromatic N) is 2. The van der Waals surface area contributed by atoms with Gasteiger partial charge in [0.25, 0.3) is 5.91 Å². The van der Waals surface area contributed by atoms with E-state index in [1.165, 1.54) is 23.6 Å². The van der Waals surface area contributed by atoms with E-state index in [9.17, 15) is 4.79 Å². The molecule has 0 saturated heterocycles. The Kier molecular flexibility index (Phi) is 4.54. The highest BCUT2D eigenvalue weighted by atomic mass is 35.5. The fraction of sp³-hybridized carbons (Fsp3) is 0.0833. The molecule has 0 aliphatic carbocycles. The second-order valence-corrected chi connectivity index (χ2v) is 5.61. The summed E-state index contributed by atoms with van der Waals surface area (Å²) in [4.78, 5) is 16.8. The molecule has 4 N–H and O–H groups in total. The minimum atomic E-state index is -0.305. The van der Waals surface area contributed by atoms with Crippen LogP contribution in [-0.4, -0.2) is 21.9 Å². The van der Waals surface area contributed by atoms with Gasteiger partial charge in [0.1, 0.15) is 5.69 Å². The molecule has 1 amide bonds. The van der Waals surface area contributed by atoms with Gasteiger partial charge in [-0.1, -0.05) is 16.8 Å². The lowest BCUT2D eigenvalue weighted by molar-refractivity contribution is 0.0946. The van der Waals surface area contributed by atoms with Crippen molar-refractivity contribution in [1.29, 1.82) is 0 Å². The summed E-state index contributed by atoms with van der Waals surface area (Å²) >= 11 is 7.21. The maximum Gasteiger partial charge on any atom is 0.270 e. The van der Waals surface area contributed by atoms with E-state index >= 15 is 0 Å². The fourth-order valence-corrected chi connectivity index (χ4v) is 2.47. The third-order valence-corrected chi connectivity index (χ3v) is 3.68. The normalized spacial score (nSPS) is 11.3. The molecule has 0 aromatic carbocycles. The molecule has 0 aliphatic heterocycles. The quantitative estimate of drug-likeness (QED) is 0.347. The summed E-state index contributed by atoms with van der Waals surface area (Å²) in [7, 11) is 0. The number of rotatable bonds is 4. The largest absolute Gasteiger partial charge is 0.409 e. The molecule has 2 aromatic rings. The molecule has 20 heavy (non-hydrogen) atoms. The molecule has 2 heterocycles. The van der Waals surface area contributed by atoms with Crippen molar-refractivity contribution in [3.63, 3.8) is 0 Å². The summed E-state index contributed by atoms with van der Waals surface area (Å²) in [6, 6.07) is 6.68. The van der Waals surface area contributed by atoms with Crippen molar-refractivity contribution < 1.29 is 10.0 Å². The van der Waals surface area contributed by atoms with Gasteiger partial charge in [-0.25, -0.2) is 0 Å². The maximum absolute atomic E-state index is 11.9. The van der Waals surface area contributed by atoms with Crippen LogP contribution >= 0.6 is 22.9 Å². The van der Waals surface area contributed by atoms with E-state index in [-0.39, 0.29) is 17.4 Å². The van der Waals surface area contributed by atoms with Gasteiger partial charge in [0, 0.05) is 16.6 Å². The van der Waals surface area contributed by atoms with Gasteiger partial charge in [-0.2, -0.15) is 0 Å². The molecule has 0 fully saturated rings. The monoisotopic (exact) mass is 310 g/mol. The average molecular weight is 311 g/mol. The van der Waals surface area contributed by atoms with E-state index in [1.54, 1.807) is 12.1 Å². The summed E-state index contributed by atoms with van der Waals surface area (Å²) in [5.41, 5.74) is 6.10. The molecule has 0 bridgehead atoms. The smallest absolute Gasteiger partial charge is 0.270 e. The number of aromatic nitrogens is 1. The number of nitrogens with two attached hydrogens (primary N) is 1. The molecule has 0 atom stereocenters. The average Bonchev–Trinajstić information content (AvgIpc) is 2.89. The first-order valence-corrected chi connectivity index (χ1v) is 6.76. The second kappa shape index (κ2) is 6.36. The van der Waals surface area contributed by atoms with Crippen LogP contribution in [-0.2, 0) is 6.54 Å². The van der Waals surface area contributed by atoms with Gasteiger partial charge in [0.2, 0.25) is 0 Å². The summed E-state index contributed by atoms with van der Waals surface area (Å²) in [6.45, 7) is 0.389. The maximum atomic E-state index is 11.9. The van der Waals surface area contributed by atoms with Crippen molar-refractivity contribution in [1.82, 2.24) is 10.3 Å². The van der Waals surface area contributed by atoms with Gasteiger partial charge in [-0.15, -0.1) is 11.3 Å². The van der Waals surface area contributed by atoms with Gasteiger partial charge < -0.3 is 16.3 Å². The highest BCUT2D eigenvalue weighted by Crippen LogP contribution is 2.21. The second-order valence-electron chi connectivity index (χ2n) is 3.81. The standard InChI is InChI=1S/C12H11ClN4O2S/c13-10-4-2-8(20-10)6-16-12(18)9-3-1-7(5-15-9)11(14)17-19/h1-5,19H,6H2,(H2,14,17)(H,16,18). The minimum Gasteiger partial charge on any atom is -0.409 e. The molecule has 2 aromatic heterocycles. The molecule has 0 unspecified atom stereocenters. The lowest BCUT2D eigenvalue weighted by Crippen LogP contribution is -2.23. The van der Waals surface area contributed by atoms with Crippen LogP contribution in [0.5, 0.6) is 0 Å². The first-order valence-electron chi connectivity index (χ1n) is 5.56. The number of carbonyl (C=O) groups excluding carboxylic acids is 1. The van der Waals surface area contributed by atoms with Gasteiger partial charge in [-0.3, -0.25) is 9.78 Å². The van der Waals surface area contributed by atoms with Gasteiger partial charge >= 0.3 is 0 Å². The highest BCUT2D eigenvalue weighted by Gasteiger charge is 2.08. The summed E-state index contributed by atoms with van der Waals surface area (Å²) in [5.74, 6) is -0.363. The number of halogens is 1. The molecule has 2 rings (SSSR count). The third kappa shape index (κ3) is 3.46. The number of carbonyl (C=O) groups is 1. The van der Waals surface area contributed by atoms with E-state index in [0.717, 1.165) is 4.88 Å². The Morgan fingerprint density at radius 1 is 1.45 bits per heavy atom. The number of hydrogen-bond acceptors (Lipinski definition) is 5. The molecule has 6 nitrogen and oxygen atoms in total. The number of amides is 1. The Balaban J connectivity index is 1.99. The van der Waals surface area contributed by atoms with E-state index in [4.69, 9.17) is 22.5 Å². The van der Waals surface area contributed by atoms with E-state index in [2.05, 4.69) is 15.5 Å². The van der Waals surface area contributed by atoms with Gasteiger partial charge in [-0.05, 0) is 24.3 Å². The van der Waals surface area contributed by atoms with Gasteiger partial charge in [0.05, 0.1) is 10.9 Å². The molecule has 104 valence electrons. The van der Waals surface area contributed by atoms with Crippen molar-refractivity contribution in [3.05, 3.63) is 50.9 Å². The molecule has 0 aliphatic rings. The van der Waals surface area contributed by atoms with Crippen LogP contribution in [0.25, 0.3) is 0 Å². The summed E-state index contributed by atoms with van der Waals surface area (Å²) < 4.78 is 0.676. The lowest BCUT2D eigenvalue weighted by atomic mass is 10.2. The zero-order valence-corrected chi connectivity index (χ0v) is 11.8. The Morgan fingerprint density at radius 3 is 2.80 bits per heavy atom. The number of oxime groups is 1. The van der Waals surface area contributed by atoms with Crippen LogP contribution < -0.4 is 11.1 Å². The Hall–Kier alpha value is -2.12. The van der Waals surface area contributed by atoms with Crippen LogP contribution in [0.2, 0.25) is 4.34 Å². The van der Waals surface area contributed by atoms with E-state index in [0.29, 0.717) is 16.4 Å². The van der Waals surface area contributed by atoms with E-state index < -0.39 is 0 Å². The van der Waals surface area contributed by atoms with E-state index in [1.807, 2.05) is 6.07 Å². The third-order valence-electron chi connectivity index (χ3n) is 2.45. The predicted molar refractivity (Wildman–Crippen MR) is 77.2 cm³/mol. The first kappa shape index (κ1) is 14.3.